The van der Waals surface area contributed by atoms with Crippen LogP contribution in [0.3, 0.4) is 0 Å². The molecule has 0 radical (unpaired) electrons. The topological polar surface area (TPSA) is 45.6 Å². The van der Waals surface area contributed by atoms with Crippen molar-refractivity contribution in [3.05, 3.63) is 69.8 Å². The lowest BCUT2D eigenvalue weighted by atomic mass is 10.1. The molecule has 1 aliphatic heterocycles. The molecule has 0 spiro atoms. The van der Waals surface area contributed by atoms with Crippen LogP contribution in [-0.2, 0) is 4.79 Å². The van der Waals surface area contributed by atoms with E-state index >= 15 is 8.78 Å². The number of halogens is 3. The smallest absolute Gasteiger partial charge is 0.192 e. The van der Waals surface area contributed by atoms with Crippen LogP contribution in [0, 0.1) is 24.4 Å². The van der Waals surface area contributed by atoms with Gasteiger partial charge in [0.05, 0.1) is 10.9 Å². The van der Waals surface area contributed by atoms with E-state index in [4.69, 9.17) is 0 Å². The molecule has 0 aliphatic carbocycles. The van der Waals surface area contributed by atoms with Crippen LogP contribution >= 0.6 is 0 Å². The van der Waals surface area contributed by atoms with Gasteiger partial charge in [0.1, 0.15) is 23.1 Å². The minimum atomic E-state index is -0.821. The molecule has 0 saturated carbocycles. The third-order valence-corrected chi connectivity index (χ3v) is 5.91. The number of benzene rings is 2. The summed E-state index contributed by atoms with van der Waals surface area (Å²) in [5, 5.41) is -0.0619. The monoisotopic (exact) mass is 443 g/mol. The number of fused-ring (bicyclic) bond motifs is 1. The SMILES string of the molecule is CC(=O)CCN1CCN(c2c(F)cc3c(=O)c(C)cn(-c4ccc(F)cc4)c3c2F)CC1. The van der Waals surface area contributed by atoms with Gasteiger partial charge < -0.3 is 9.47 Å². The number of hydrogen-bond acceptors (Lipinski definition) is 4. The van der Waals surface area contributed by atoms with Crippen molar-refractivity contribution in [3.8, 4) is 5.69 Å². The number of carbonyl (C=O) groups is 1. The summed E-state index contributed by atoms with van der Waals surface area (Å²) < 4.78 is 45.8. The van der Waals surface area contributed by atoms with E-state index in [-0.39, 0.29) is 22.4 Å². The minimum Gasteiger partial charge on any atom is -0.364 e. The second-order valence-electron chi connectivity index (χ2n) is 8.19. The normalized spacial score (nSPS) is 14.8. The molecule has 4 rings (SSSR count). The summed E-state index contributed by atoms with van der Waals surface area (Å²) in [5.41, 5.74) is 0.125. The molecule has 168 valence electrons. The molecular formula is C24H24F3N3O2. The van der Waals surface area contributed by atoms with Gasteiger partial charge in [0, 0.05) is 56.6 Å². The molecule has 1 aliphatic rings. The fourth-order valence-electron chi connectivity index (χ4n) is 4.14. The lowest BCUT2D eigenvalue weighted by Gasteiger charge is -2.36. The summed E-state index contributed by atoms with van der Waals surface area (Å²) >= 11 is 0. The molecule has 1 fully saturated rings. The molecule has 0 atom stereocenters. The number of hydrogen-bond donors (Lipinski definition) is 0. The lowest BCUT2D eigenvalue weighted by molar-refractivity contribution is -0.117. The number of aryl methyl sites for hydroxylation is 1. The van der Waals surface area contributed by atoms with E-state index in [9.17, 15) is 14.0 Å². The van der Waals surface area contributed by atoms with Gasteiger partial charge in [-0.2, -0.15) is 0 Å². The molecule has 0 unspecified atom stereocenters. The Morgan fingerprint density at radius 2 is 1.69 bits per heavy atom. The van der Waals surface area contributed by atoms with Crippen molar-refractivity contribution in [1.29, 1.82) is 0 Å². The first kappa shape index (κ1) is 22.1. The number of carbonyl (C=O) groups excluding carboxylic acids is 1. The molecule has 2 heterocycles. The summed E-state index contributed by atoms with van der Waals surface area (Å²) in [4.78, 5) is 27.6. The predicted octanol–water partition coefficient (Wildman–Crippen LogP) is 3.82. The van der Waals surface area contributed by atoms with Crippen molar-refractivity contribution in [1.82, 2.24) is 9.47 Å². The quantitative estimate of drug-likeness (QED) is 0.602. The van der Waals surface area contributed by atoms with Crippen LogP contribution in [0.15, 0.2) is 41.3 Å². The van der Waals surface area contributed by atoms with Crippen molar-refractivity contribution >= 4 is 22.4 Å². The third-order valence-electron chi connectivity index (χ3n) is 5.91. The Morgan fingerprint density at radius 3 is 2.31 bits per heavy atom. The minimum absolute atomic E-state index is 0.0392. The van der Waals surface area contributed by atoms with Crippen LogP contribution in [0.1, 0.15) is 18.9 Å². The van der Waals surface area contributed by atoms with Gasteiger partial charge in [-0.15, -0.1) is 0 Å². The molecule has 0 bridgehead atoms. The Balaban J connectivity index is 1.78. The van der Waals surface area contributed by atoms with Crippen molar-refractivity contribution in [2.24, 2.45) is 0 Å². The van der Waals surface area contributed by atoms with E-state index in [0.29, 0.717) is 50.4 Å². The van der Waals surface area contributed by atoms with Crippen LogP contribution in [0.4, 0.5) is 18.9 Å². The largest absolute Gasteiger partial charge is 0.364 e. The second kappa shape index (κ2) is 8.78. The summed E-state index contributed by atoms with van der Waals surface area (Å²) in [7, 11) is 0. The Bertz CT molecular complexity index is 1230. The molecule has 1 aromatic heterocycles. The van der Waals surface area contributed by atoms with Crippen molar-refractivity contribution < 1.29 is 18.0 Å². The van der Waals surface area contributed by atoms with E-state index in [1.54, 1.807) is 18.7 Å². The number of aromatic nitrogens is 1. The molecule has 1 saturated heterocycles. The van der Waals surface area contributed by atoms with Gasteiger partial charge in [0.15, 0.2) is 11.2 Å². The van der Waals surface area contributed by atoms with Crippen molar-refractivity contribution in [2.45, 2.75) is 20.3 Å². The highest BCUT2D eigenvalue weighted by atomic mass is 19.1. The van der Waals surface area contributed by atoms with Gasteiger partial charge in [-0.05, 0) is 44.2 Å². The molecule has 3 aromatic rings. The molecule has 5 nitrogen and oxygen atoms in total. The van der Waals surface area contributed by atoms with Crippen LogP contribution < -0.4 is 10.3 Å². The molecular weight excluding hydrogens is 419 g/mol. The summed E-state index contributed by atoms with van der Waals surface area (Å²) in [6.45, 7) is 5.67. The highest BCUT2D eigenvalue weighted by molar-refractivity contribution is 5.86. The van der Waals surface area contributed by atoms with Crippen molar-refractivity contribution in [2.75, 3.05) is 37.6 Å². The first-order valence-electron chi connectivity index (χ1n) is 10.5. The van der Waals surface area contributed by atoms with E-state index in [2.05, 4.69) is 4.90 Å². The second-order valence-corrected chi connectivity index (χ2v) is 8.19. The number of nitrogens with zero attached hydrogens (tertiary/aromatic N) is 3. The Morgan fingerprint density at radius 1 is 1.03 bits per heavy atom. The van der Waals surface area contributed by atoms with Gasteiger partial charge >= 0.3 is 0 Å². The van der Waals surface area contributed by atoms with Crippen LogP contribution in [0.25, 0.3) is 16.6 Å². The molecule has 8 heteroatoms. The summed E-state index contributed by atoms with van der Waals surface area (Å²) in [6.07, 6.45) is 1.93. The molecule has 2 aromatic carbocycles. The van der Waals surface area contributed by atoms with Crippen LogP contribution in [0.5, 0.6) is 0 Å². The fourth-order valence-corrected chi connectivity index (χ4v) is 4.14. The van der Waals surface area contributed by atoms with E-state index in [1.807, 2.05) is 0 Å². The summed E-state index contributed by atoms with van der Waals surface area (Å²) in [5.74, 6) is -1.95. The first-order valence-corrected chi connectivity index (χ1v) is 10.5. The first-order chi connectivity index (χ1) is 15.3. The van der Waals surface area contributed by atoms with Crippen LogP contribution in [-0.4, -0.2) is 48.0 Å². The number of anilines is 1. The van der Waals surface area contributed by atoms with Gasteiger partial charge in [-0.25, -0.2) is 13.2 Å². The lowest BCUT2D eigenvalue weighted by Crippen LogP contribution is -2.47. The zero-order chi connectivity index (χ0) is 23.0. The number of ketones is 1. The average Bonchev–Trinajstić information content (AvgIpc) is 2.76. The number of rotatable bonds is 5. The van der Waals surface area contributed by atoms with Crippen molar-refractivity contribution in [3.63, 3.8) is 0 Å². The fraction of sp³-hybridized carbons (Fsp3) is 0.333. The maximum absolute atomic E-state index is 15.8. The predicted molar refractivity (Wildman–Crippen MR) is 118 cm³/mol. The Kier molecular flexibility index (Phi) is 6.06. The van der Waals surface area contributed by atoms with E-state index < -0.39 is 22.9 Å². The Labute approximate surface area is 183 Å². The van der Waals surface area contributed by atoms with Crippen LogP contribution in [0.2, 0.25) is 0 Å². The van der Waals surface area contributed by atoms with Gasteiger partial charge in [0.25, 0.3) is 0 Å². The zero-order valence-corrected chi connectivity index (χ0v) is 18.0. The molecule has 0 amide bonds. The average molecular weight is 443 g/mol. The third kappa shape index (κ3) is 4.14. The molecule has 32 heavy (non-hydrogen) atoms. The van der Waals surface area contributed by atoms with E-state index in [0.717, 1.165) is 6.07 Å². The zero-order valence-electron chi connectivity index (χ0n) is 18.0. The standard InChI is InChI=1S/C24H24F3N3O2/c1-15-14-30(18-5-3-17(25)4-6-18)22-19(24(15)32)13-20(26)23(21(22)27)29-11-9-28(10-12-29)8-7-16(2)31/h3-6,13-14H,7-12H2,1-2H3. The Hall–Kier alpha value is -3.13. The summed E-state index contributed by atoms with van der Waals surface area (Å²) in [6, 6.07) is 6.55. The van der Waals surface area contributed by atoms with Gasteiger partial charge in [-0.3, -0.25) is 14.5 Å². The maximum atomic E-state index is 15.8. The maximum Gasteiger partial charge on any atom is 0.192 e. The molecule has 0 N–H and O–H groups in total. The van der Waals surface area contributed by atoms with Gasteiger partial charge in [0.2, 0.25) is 0 Å². The number of piperazine rings is 1. The highest BCUT2D eigenvalue weighted by Gasteiger charge is 2.26. The van der Waals surface area contributed by atoms with E-state index in [1.165, 1.54) is 35.0 Å². The number of Topliss-reactive ketones (excluding diaryl/α,β-unsaturated/α-hetero) is 1. The van der Waals surface area contributed by atoms with Gasteiger partial charge in [-0.1, -0.05) is 0 Å². The number of pyridine rings is 1. The highest BCUT2D eigenvalue weighted by Crippen LogP contribution is 2.32.